The Morgan fingerprint density at radius 2 is 2.12 bits per heavy atom. The third-order valence-electron chi connectivity index (χ3n) is 3.91. The second-order valence-electron chi connectivity index (χ2n) is 5.42. The van der Waals surface area contributed by atoms with Gasteiger partial charge in [0.2, 0.25) is 0 Å². The molecule has 5 nitrogen and oxygen atoms in total. The van der Waals surface area contributed by atoms with Crippen LogP contribution in [-0.4, -0.2) is 24.8 Å². The minimum Gasteiger partial charge on any atom is -0.508 e. The molecule has 0 spiro atoms. The van der Waals surface area contributed by atoms with Crippen molar-refractivity contribution in [1.82, 2.24) is 0 Å². The van der Waals surface area contributed by atoms with Crippen molar-refractivity contribution in [2.24, 2.45) is 0 Å². The molecule has 1 aliphatic rings. The molecule has 0 aromatic heterocycles. The first-order valence-electron chi connectivity index (χ1n) is 7.57. The van der Waals surface area contributed by atoms with E-state index in [-0.39, 0.29) is 24.1 Å². The van der Waals surface area contributed by atoms with E-state index in [9.17, 15) is 9.90 Å². The van der Waals surface area contributed by atoms with Crippen molar-refractivity contribution in [2.45, 2.75) is 19.3 Å². The number of phenolic OH excluding ortho intramolecular Hbond substituents is 1. The highest BCUT2D eigenvalue weighted by molar-refractivity contribution is 6.32. The Hall–Kier alpha value is -2.40. The van der Waals surface area contributed by atoms with Gasteiger partial charge >= 0.3 is 5.97 Å². The lowest BCUT2D eigenvalue weighted by Gasteiger charge is -2.26. The van der Waals surface area contributed by atoms with E-state index in [2.05, 4.69) is 0 Å². The van der Waals surface area contributed by atoms with Crippen molar-refractivity contribution in [3.8, 4) is 23.0 Å². The molecule has 3 rings (SSSR count). The predicted octanol–water partition coefficient (Wildman–Crippen LogP) is 3.89. The summed E-state index contributed by atoms with van der Waals surface area (Å²) in [6.07, 6.45) is 0.187. The summed E-state index contributed by atoms with van der Waals surface area (Å²) in [6, 6.07) is 8.35. The molecule has 0 bridgehead atoms. The van der Waals surface area contributed by atoms with Crippen LogP contribution in [0.2, 0.25) is 5.02 Å². The van der Waals surface area contributed by atoms with E-state index >= 15 is 0 Å². The standard InChI is InChI=1S/C18H17ClO5/c1-3-23-16-7-10(6-14(19)18(16)22-2)13-9-17(21)24-15-8-11(20)4-5-12(13)15/h4-8,13,20H,3,9H2,1-2H3. The Balaban J connectivity index is 2.11. The molecule has 2 aromatic carbocycles. The summed E-state index contributed by atoms with van der Waals surface area (Å²) in [5, 5.41) is 10.0. The van der Waals surface area contributed by atoms with Crippen LogP contribution >= 0.6 is 11.6 Å². The largest absolute Gasteiger partial charge is 0.508 e. The molecule has 6 heteroatoms. The first-order chi connectivity index (χ1) is 11.5. The fraction of sp³-hybridized carbons (Fsp3) is 0.278. The summed E-state index contributed by atoms with van der Waals surface area (Å²) in [7, 11) is 1.53. The van der Waals surface area contributed by atoms with Gasteiger partial charge in [-0.1, -0.05) is 17.7 Å². The molecule has 1 aliphatic heterocycles. The number of rotatable bonds is 4. The van der Waals surface area contributed by atoms with Crippen LogP contribution in [0.5, 0.6) is 23.0 Å². The van der Waals surface area contributed by atoms with Crippen molar-refractivity contribution < 1.29 is 24.1 Å². The number of hydrogen-bond donors (Lipinski definition) is 1. The number of aromatic hydroxyl groups is 1. The van der Waals surface area contributed by atoms with E-state index in [1.165, 1.54) is 13.2 Å². The Bertz CT molecular complexity index is 787. The summed E-state index contributed by atoms with van der Waals surface area (Å²) >= 11 is 6.32. The van der Waals surface area contributed by atoms with Crippen LogP contribution in [0, 0.1) is 0 Å². The van der Waals surface area contributed by atoms with E-state index in [1.807, 2.05) is 13.0 Å². The molecular formula is C18H17ClO5. The average molecular weight is 349 g/mol. The smallest absolute Gasteiger partial charge is 0.312 e. The van der Waals surface area contributed by atoms with Gasteiger partial charge < -0.3 is 19.3 Å². The van der Waals surface area contributed by atoms with Crippen molar-refractivity contribution in [1.29, 1.82) is 0 Å². The third-order valence-corrected chi connectivity index (χ3v) is 4.19. The molecule has 0 amide bonds. The van der Waals surface area contributed by atoms with Gasteiger partial charge in [-0.25, -0.2) is 0 Å². The molecule has 126 valence electrons. The zero-order valence-corrected chi connectivity index (χ0v) is 14.1. The van der Waals surface area contributed by atoms with Gasteiger partial charge in [-0.15, -0.1) is 0 Å². The molecule has 0 saturated heterocycles. The van der Waals surface area contributed by atoms with E-state index in [0.717, 1.165) is 11.1 Å². The van der Waals surface area contributed by atoms with Gasteiger partial charge in [-0.05, 0) is 30.7 Å². The molecule has 1 unspecified atom stereocenters. The van der Waals surface area contributed by atoms with E-state index in [1.54, 1.807) is 18.2 Å². The molecule has 0 radical (unpaired) electrons. The number of methoxy groups -OCH3 is 1. The van der Waals surface area contributed by atoms with Gasteiger partial charge in [0, 0.05) is 17.5 Å². The molecule has 0 aliphatic carbocycles. The van der Waals surface area contributed by atoms with Crippen LogP contribution in [0.25, 0.3) is 0 Å². The first-order valence-corrected chi connectivity index (χ1v) is 7.95. The second kappa shape index (κ2) is 6.61. The Morgan fingerprint density at radius 1 is 1.33 bits per heavy atom. The Labute approximate surface area is 144 Å². The maximum absolute atomic E-state index is 11.9. The SMILES string of the molecule is CCOc1cc(C2CC(=O)Oc3cc(O)ccc32)cc(Cl)c1OC. The zero-order valence-electron chi connectivity index (χ0n) is 13.3. The van der Waals surface area contributed by atoms with Crippen LogP contribution in [-0.2, 0) is 4.79 Å². The fourth-order valence-corrected chi connectivity index (χ4v) is 3.18. The van der Waals surface area contributed by atoms with Gasteiger partial charge in [0.15, 0.2) is 11.5 Å². The normalized spacial score (nSPS) is 16.3. The van der Waals surface area contributed by atoms with Gasteiger partial charge in [-0.2, -0.15) is 0 Å². The molecule has 1 heterocycles. The highest BCUT2D eigenvalue weighted by Crippen LogP contribution is 2.44. The maximum Gasteiger partial charge on any atom is 0.312 e. The van der Waals surface area contributed by atoms with Crippen LogP contribution in [0.15, 0.2) is 30.3 Å². The van der Waals surface area contributed by atoms with E-state index in [0.29, 0.717) is 28.9 Å². The van der Waals surface area contributed by atoms with Crippen LogP contribution in [0.4, 0.5) is 0 Å². The van der Waals surface area contributed by atoms with Crippen molar-refractivity contribution >= 4 is 17.6 Å². The van der Waals surface area contributed by atoms with Gasteiger partial charge in [0.25, 0.3) is 0 Å². The van der Waals surface area contributed by atoms with Gasteiger partial charge in [0.05, 0.1) is 25.2 Å². The summed E-state index contributed by atoms with van der Waals surface area (Å²) in [4.78, 5) is 11.9. The van der Waals surface area contributed by atoms with Gasteiger partial charge in [-0.3, -0.25) is 4.79 Å². The van der Waals surface area contributed by atoms with Gasteiger partial charge in [0.1, 0.15) is 11.5 Å². The second-order valence-corrected chi connectivity index (χ2v) is 5.83. The molecule has 1 N–H and O–H groups in total. The minimum absolute atomic E-state index is 0.0463. The topological polar surface area (TPSA) is 65.0 Å². The Morgan fingerprint density at radius 3 is 2.83 bits per heavy atom. The van der Waals surface area contributed by atoms with E-state index < -0.39 is 0 Å². The summed E-state index contributed by atoms with van der Waals surface area (Å²) < 4.78 is 16.1. The molecule has 24 heavy (non-hydrogen) atoms. The van der Waals surface area contributed by atoms with Crippen LogP contribution in [0.3, 0.4) is 0 Å². The molecular weight excluding hydrogens is 332 g/mol. The van der Waals surface area contributed by atoms with E-state index in [4.69, 9.17) is 25.8 Å². The minimum atomic E-state index is -0.358. The number of phenols is 1. The third kappa shape index (κ3) is 2.99. The number of ether oxygens (including phenoxy) is 3. The average Bonchev–Trinajstić information content (AvgIpc) is 2.53. The maximum atomic E-state index is 11.9. The van der Waals surface area contributed by atoms with Crippen LogP contribution in [0.1, 0.15) is 30.4 Å². The first kappa shape index (κ1) is 16.5. The van der Waals surface area contributed by atoms with Crippen LogP contribution < -0.4 is 14.2 Å². The van der Waals surface area contributed by atoms with Crippen molar-refractivity contribution in [3.63, 3.8) is 0 Å². The molecule has 0 fully saturated rings. The lowest BCUT2D eigenvalue weighted by Crippen LogP contribution is -2.21. The highest BCUT2D eigenvalue weighted by Gasteiger charge is 2.30. The molecule has 2 aromatic rings. The number of esters is 1. The summed E-state index contributed by atoms with van der Waals surface area (Å²) in [5.74, 6) is 0.812. The summed E-state index contributed by atoms with van der Waals surface area (Å²) in [5.41, 5.74) is 1.64. The molecule has 1 atom stereocenters. The number of halogens is 1. The predicted molar refractivity (Wildman–Crippen MR) is 89.4 cm³/mol. The highest BCUT2D eigenvalue weighted by atomic mass is 35.5. The quantitative estimate of drug-likeness (QED) is 0.670. The summed E-state index contributed by atoms with van der Waals surface area (Å²) in [6.45, 7) is 2.34. The molecule has 0 saturated carbocycles. The Kier molecular flexibility index (Phi) is 4.53. The fourth-order valence-electron chi connectivity index (χ4n) is 2.89. The number of carbonyl (C=O) groups excluding carboxylic acids is 1. The number of benzene rings is 2. The zero-order chi connectivity index (χ0) is 17.3. The lowest BCUT2D eigenvalue weighted by molar-refractivity contribution is -0.135. The number of carbonyl (C=O) groups is 1. The van der Waals surface area contributed by atoms with Crippen molar-refractivity contribution in [2.75, 3.05) is 13.7 Å². The number of fused-ring (bicyclic) bond motifs is 1. The monoisotopic (exact) mass is 348 g/mol. The number of hydrogen-bond acceptors (Lipinski definition) is 5. The van der Waals surface area contributed by atoms with Crippen molar-refractivity contribution in [3.05, 3.63) is 46.5 Å². The lowest BCUT2D eigenvalue weighted by atomic mass is 9.86.